The number of ether oxygens (including phenoxy) is 1. The van der Waals surface area contributed by atoms with Gasteiger partial charge in [0.25, 0.3) is 0 Å². The van der Waals surface area contributed by atoms with Crippen molar-refractivity contribution in [3.8, 4) is 0 Å². The summed E-state index contributed by atoms with van der Waals surface area (Å²) < 4.78 is 4.98. The van der Waals surface area contributed by atoms with Crippen LogP contribution < -0.4 is 5.32 Å². The minimum Gasteiger partial charge on any atom is -0.385 e. The van der Waals surface area contributed by atoms with Crippen LogP contribution in [0.4, 0.5) is 5.95 Å². The van der Waals surface area contributed by atoms with Crippen molar-refractivity contribution < 1.29 is 4.74 Å². The van der Waals surface area contributed by atoms with Crippen LogP contribution in [0, 0.1) is 6.92 Å². The number of hydrogen-bond donors (Lipinski definition) is 2. The molecule has 0 aliphatic heterocycles. The highest BCUT2D eigenvalue weighted by molar-refractivity contribution is 5.26. The number of anilines is 1. The van der Waals surface area contributed by atoms with Crippen molar-refractivity contribution in [1.82, 2.24) is 9.97 Å². The lowest BCUT2D eigenvalue weighted by atomic mass is 10.2. The van der Waals surface area contributed by atoms with E-state index in [0.717, 1.165) is 24.7 Å². The molecule has 0 aliphatic rings. The number of nitrogens with one attached hydrogen (secondary N) is 2. The molecule has 74 valence electrons. The number of imidazole rings is 1. The van der Waals surface area contributed by atoms with Crippen LogP contribution in [0.15, 0.2) is 6.20 Å². The van der Waals surface area contributed by atoms with Crippen LogP contribution in [0.3, 0.4) is 0 Å². The van der Waals surface area contributed by atoms with Gasteiger partial charge in [-0.1, -0.05) is 0 Å². The van der Waals surface area contributed by atoms with Crippen LogP contribution in [-0.2, 0) is 4.74 Å². The molecular weight excluding hydrogens is 166 g/mol. The first-order chi connectivity index (χ1) is 6.22. The second-order valence-corrected chi connectivity index (χ2v) is 3.24. The maximum atomic E-state index is 4.98. The molecule has 1 atom stereocenters. The van der Waals surface area contributed by atoms with Gasteiger partial charge in [-0.2, -0.15) is 0 Å². The normalized spacial score (nSPS) is 12.8. The lowest BCUT2D eigenvalue weighted by molar-refractivity contribution is 0.191. The van der Waals surface area contributed by atoms with Crippen molar-refractivity contribution in [3.63, 3.8) is 0 Å². The summed E-state index contributed by atoms with van der Waals surface area (Å²) in [7, 11) is 1.71. The Kier molecular flexibility index (Phi) is 3.76. The molecule has 13 heavy (non-hydrogen) atoms. The summed E-state index contributed by atoms with van der Waals surface area (Å²) in [5.74, 6) is 0.834. The van der Waals surface area contributed by atoms with Gasteiger partial charge in [-0.05, 0) is 20.3 Å². The molecule has 0 bridgehead atoms. The smallest absolute Gasteiger partial charge is 0.200 e. The summed E-state index contributed by atoms with van der Waals surface area (Å²) in [4.78, 5) is 7.28. The highest BCUT2D eigenvalue weighted by atomic mass is 16.5. The number of hydrogen-bond acceptors (Lipinski definition) is 3. The SMILES string of the molecule is COCCC(C)Nc1ncc(C)[nH]1. The Balaban J connectivity index is 2.31. The van der Waals surface area contributed by atoms with Gasteiger partial charge in [-0.15, -0.1) is 0 Å². The quantitative estimate of drug-likeness (QED) is 0.728. The molecule has 1 rings (SSSR count). The number of H-pyrrole nitrogens is 1. The predicted octanol–water partition coefficient (Wildman–Crippen LogP) is 1.56. The maximum Gasteiger partial charge on any atom is 0.200 e. The van der Waals surface area contributed by atoms with Crippen molar-refractivity contribution in [3.05, 3.63) is 11.9 Å². The second kappa shape index (κ2) is 4.87. The van der Waals surface area contributed by atoms with Crippen LogP contribution in [0.2, 0.25) is 0 Å². The zero-order chi connectivity index (χ0) is 9.68. The topological polar surface area (TPSA) is 49.9 Å². The van der Waals surface area contributed by atoms with E-state index in [2.05, 4.69) is 22.2 Å². The fourth-order valence-electron chi connectivity index (χ4n) is 1.09. The lowest BCUT2D eigenvalue weighted by Gasteiger charge is -2.11. The van der Waals surface area contributed by atoms with Gasteiger partial charge >= 0.3 is 0 Å². The minimum atomic E-state index is 0.380. The van der Waals surface area contributed by atoms with Gasteiger partial charge in [-0.25, -0.2) is 4.98 Å². The summed E-state index contributed by atoms with van der Waals surface area (Å²) in [6.07, 6.45) is 2.79. The number of aromatic amines is 1. The number of nitrogens with zero attached hydrogens (tertiary/aromatic N) is 1. The number of methoxy groups -OCH3 is 1. The molecule has 4 heteroatoms. The summed E-state index contributed by atoms with van der Waals surface area (Å²) in [5.41, 5.74) is 1.07. The van der Waals surface area contributed by atoms with E-state index in [4.69, 9.17) is 4.74 Å². The average Bonchev–Trinajstić information content (AvgIpc) is 2.48. The fourth-order valence-corrected chi connectivity index (χ4v) is 1.09. The van der Waals surface area contributed by atoms with E-state index in [0.29, 0.717) is 6.04 Å². The molecule has 1 unspecified atom stereocenters. The first kappa shape index (κ1) is 10.1. The van der Waals surface area contributed by atoms with Crippen molar-refractivity contribution >= 4 is 5.95 Å². The largest absolute Gasteiger partial charge is 0.385 e. The van der Waals surface area contributed by atoms with Crippen LogP contribution in [0.1, 0.15) is 19.0 Å². The zero-order valence-corrected chi connectivity index (χ0v) is 8.42. The molecule has 1 aromatic heterocycles. The Bertz CT molecular complexity index is 247. The molecule has 0 aromatic carbocycles. The van der Waals surface area contributed by atoms with Gasteiger partial charge in [0.1, 0.15) is 0 Å². The Morgan fingerprint density at radius 3 is 3.00 bits per heavy atom. The Hall–Kier alpha value is -1.03. The third-order valence-electron chi connectivity index (χ3n) is 1.84. The summed E-state index contributed by atoms with van der Waals surface area (Å²) in [6, 6.07) is 0.380. The van der Waals surface area contributed by atoms with Crippen LogP contribution >= 0.6 is 0 Å². The maximum absolute atomic E-state index is 4.98. The predicted molar refractivity (Wildman–Crippen MR) is 52.9 cm³/mol. The molecular formula is C9H17N3O. The molecule has 0 saturated carbocycles. The second-order valence-electron chi connectivity index (χ2n) is 3.24. The van der Waals surface area contributed by atoms with Gasteiger partial charge in [0, 0.05) is 31.6 Å². The van der Waals surface area contributed by atoms with E-state index in [1.165, 1.54) is 0 Å². The first-order valence-corrected chi connectivity index (χ1v) is 4.49. The molecule has 0 fully saturated rings. The van der Waals surface area contributed by atoms with Gasteiger partial charge in [0.05, 0.1) is 0 Å². The van der Waals surface area contributed by atoms with Gasteiger partial charge in [0.15, 0.2) is 5.95 Å². The number of rotatable bonds is 5. The standard InChI is InChI=1S/C9H17N3O/c1-7(4-5-13-3)11-9-10-6-8(2)12-9/h6-7H,4-5H2,1-3H3,(H2,10,11,12). The third kappa shape index (κ3) is 3.46. The van der Waals surface area contributed by atoms with Crippen molar-refractivity contribution in [2.24, 2.45) is 0 Å². The van der Waals surface area contributed by atoms with E-state index in [-0.39, 0.29) is 0 Å². The van der Waals surface area contributed by atoms with Crippen LogP contribution in [0.5, 0.6) is 0 Å². The van der Waals surface area contributed by atoms with Gasteiger partial charge in [0.2, 0.25) is 0 Å². The lowest BCUT2D eigenvalue weighted by Crippen LogP contribution is -2.17. The third-order valence-corrected chi connectivity index (χ3v) is 1.84. The summed E-state index contributed by atoms with van der Waals surface area (Å²) in [5, 5.41) is 3.25. The van der Waals surface area contributed by atoms with Gasteiger partial charge < -0.3 is 15.0 Å². The molecule has 4 nitrogen and oxygen atoms in total. The molecule has 0 amide bonds. The molecule has 0 radical (unpaired) electrons. The first-order valence-electron chi connectivity index (χ1n) is 4.49. The van der Waals surface area contributed by atoms with E-state index in [1.54, 1.807) is 7.11 Å². The summed E-state index contributed by atoms with van der Waals surface area (Å²) in [6.45, 7) is 4.86. The minimum absolute atomic E-state index is 0.380. The average molecular weight is 183 g/mol. The van der Waals surface area contributed by atoms with E-state index in [1.807, 2.05) is 13.1 Å². The molecule has 2 N–H and O–H groups in total. The zero-order valence-electron chi connectivity index (χ0n) is 8.42. The highest BCUT2D eigenvalue weighted by Crippen LogP contribution is 2.04. The Morgan fingerprint density at radius 1 is 1.69 bits per heavy atom. The monoisotopic (exact) mass is 183 g/mol. The highest BCUT2D eigenvalue weighted by Gasteiger charge is 2.03. The number of aromatic nitrogens is 2. The van der Waals surface area contributed by atoms with Crippen LogP contribution in [-0.4, -0.2) is 29.7 Å². The summed E-state index contributed by atoms with van der Waals surface area (Å²) >= 11 is 0. The van der Waals surface area contributed by atoms with Crippen molar-refractivity contribution in [2.45, 2.75) is 26.3 Å². The van der Waals surface area contributed by atoms with Crippen molar-refractivity contribution in [1.29, 1.82) is 0 Å². The van der Waals surface area contributed by atoms with E-state index < -0.39 is 0 Å². The molecule has 0 saturated heterocycles. The van der Waals surface area contributed by atoms with Gasteiger partial charge in [-0.3, -0.25) is 0 Å². The Labute approximate surface area is 78.7 Å². The molecule has 1 aromatic rings. The Morgan fingerprint density at radius 2 is 2.46 bits per heavy atom. The molecule has 0 aliphatic carbocycles. The molecule has 0 spiro atoms. The van der Waals surface area contributed by atoms with Crippen molar-refractivity contribution in [2.75, 3.05) is 19.0 Å². The van der Waals surface area contributed by atoms with E-state index >= 15 is 0 Å². The molecule has 1 heterocycles. The van der Waals surface area contributed by atoms with E-state index in [9.17, 15) is 0 Å². The van der Waals surface area contributed by atoms with Crippen LogP contribution in [0.25, 0.3) is 0 Å². The fraction of sp³-hybridized carbons (Fsp3) is 0.667. The number of aryl methyl sites for hydroxylation is 1.